The van der Waals surface area contributed by atoms with Crippen LogP contribution >= 0.6 is 0 Å². The number of rotatable bonds is 7. The highest BCUT2D eigenvalue weighted by molar-refractivity contribution is 5.98. The highest BCUT2D eigenvalue weighted by Gasteiger charge is 2.08. The third-order valence-corrected chi connectivity index (χ3v) is 1.73. The minimum Gasteiger partial charge on any atom is -0.338 e. The molecule has 0 spiro atoms. The van der Waals surface area contributed by atoms with Crippen molar-refractivity contribution in [1.82, 2.24) is 10.6 Å². The van der Waals surface area contributed by atoms with Crippen LogP contribution in [0.2, 0.25) is 0 Å². The quantitative estimate of drug-likeness (QED) is 0.455. The summed E-state index contributed by atoms with van der Waals surface area (Å²) in [5.41, 5.74) is 0. The van der Waals surface area contributed by atoms with E-state index in [0.29, 0.717) is 6.42 Å². The van der Waals surface area contributed by atoms with Crippen molar-refractivity contribution in [3.05, 3.63) is 0 Å². The third kappa shape index (κ3) is 7.66. The van der Waals surface area contributed by atoms with E-state index in [-0.39, 0.29) is 31.1 Å². The first-order chi connectivity index (χ1) is 7.45. The lowest BCUT2D eigenvalue weighted by atomic mass is 10.2. The SMILES string of the molecule is CCC(=O)CC(=O)NCNC(=O)CC(C)=O. The maximum atomic E-state index is 11.1. The van der Waals surface area contributed by atoms with Gasteiger partial charge in [0.25, 0.3) is 0 Å². The number of nitrogens with one attached hydrogen (secondary N) is 2. The average molecular weight is 228 g/mol. The van der Waals surface area contributed by atoms with Crippen LogP contribution < -0.4 is 10.6 Å². The van der Waals surface area contributed by atoms with Crippen molar-refractivity contribution < 1.29 is 19.2 Å². The number of carbonyl (C=O) groups is 4. The molecule has 0 aromatic carbocycles. The van der Waals surface area contributed by atoms with Gasteiger partial charge in [0.1, 0.15) is 11.6 Å². The molecule has 0 bridgehead atoms. The average Bonchev–Trinajstić information content (AvgIpc) is 2.16. The summed E-state index contributed by atoms with van der Waals surface area (Å²) in [5, 5.41) is 4.68. The fourth-order valence-electron chi connectivity index (χ4n) is 0.897. The lowest BCUT2D eigenvalue weighted by molar-refractivity contribution is -0.128. The summed E-state index contributed by atoms with van der Waals surface area (Å²) < 4.78 is 0. The van der Waals surface area contributed by atoms with Crippen LogP contribution in [-0.2, 0) is 19.2 Å². The highest BCUT2D eigenvalue weighted by atomic mass is 16.2. The molecule has 0 unspecified atom stereocenters. The molecule has 0 fully saturated rings. The minimum absolute atomic E-state index is 0.0675. The van der Waals surface area contributed by atoms with Gasteiger partial charge in [-0.1, -0.05) is 6.92 Å². The van der Waals surface area contributed by atoms with E-state index < -0.39 is 11.8 Å². The zero-order valence-corrected chi connectivity index (χ0v) is 9.46. The first-order valence-electron chi connectivity index (χ1n) is 5.00. The molecule has 0 saturated heterocycles. The van der Waals surface area contributed by atoms with Crippen molar-refractivity contribution in [2.45, 2.75) is 33.1 Å². The standard InChI is InChI=1S/C10H16N2O4/c1-3-8(14)5-10(16)12-6-11-9(15)4-7(2)13/h3-6H2,1-2H3,(H,11,15)(H,12,16). The Morgan fingerprint density at radius 3 is 1.88 bits per heavy atom. The maximum absolute atomic E-state index is 11.1. The van der Waals surface area contributed by atoms with E-state index in [0.717, 1.165) is 0 Å². The number of hydrogen-bond donors (Lipinski definition) is 2. The summed E-state index contributed by atoms with van der Waals surface area (Å²) in [6, 6.07) is 0. The van der Waals surface area contributed by atoms with E-state index in [1.54, 1.807) is 6.92 Å². The lowest BCUT2D eigenvalue weighted by Crippen LogP contribution is -2.38. The van der Waals surface area contributed by atoms with Crippen LogP contribution in [0.1, 0.15) is 33.1 Å². The van der Waals surface area contributed by atoms with Crippen LogP contribution in [0.5, 0.6) is 0 Å². The summed E-state index contributed by atoms with van der Waals surface area (Å²) in [5.74, 6) is -1.29. The van der Waals surface area contributed by atoms with Crippen LogP contribution in [0.25, 0.3) is 0 Å². The van der Waals surface area contributed by atoms with Crippen molar-refractivity contribution >= 4 is 23.4 Å². The van der Waals surface area contributed by atoms with Gasteiger partial charge in [-0.25, -0.2) is 0 Å². The smallest absolute Gasteiger partial charge is 0.228 e. The summed E-state index contributed by atoms with van der Waals surface area (Å²) in [6.45, 7) is 2.91. The third-order valence-electron chi connectivity index (χ3n) is 1.73. The Balaban J connectivity index is 3.66. The molecule has 0 saturated carbocycles. The second-order valence-electron chi connectivity index (χ2n) is 3.32. The number of hydrogen-bond acceptors (Lipinski definition) is 4. The zero-order valence-electron chi connectivity index (χ0n) is 9.46. The van der Waals surface area contributed by atoms with Crippen LogP contribution in [0, 0.1) is 0 Å². The Hall–Kier alpha value is -1.72. The minimum atomic E-state index is -0.449. The second kappa shape index (κ2) is 7.56. The van der Waals surface area contributed by atoms with Gasteiger partial charge in [0.2, 0.25) is 11.8 Å². The largest absolute Gasteiger partial charge is 0.338 e. The zero-order chi connectivity index (χ0) is 12.6. The first kappa shape index (κ1) is 14.3. The van der Waals surface area contributed by atoms with E-state index in [1.807, 2.05) is 0 Å². The Morgan fingerprint density at radius 2 is 1.44 bits per heavy atom. The van der Waals surface area contributed by atoms with Gasteiger partial charge in [0.15, 0.2) is 0 Å². The predicted octanol–water partition coefficient (Wildman–Crippen LogP) is -0.475. The summed E-state index contributed by atoms with van der Waals surface area (Å²) in [7, 11) is 0. The Labute approximate surface area is 93.8 Å². The highest BCUT2D eigenvalue weighted by Crippen LogP contribution is 1.87. The molecule has 90 valence electrons. The molecule has 0 aliphatic rings. The van der Waals surface area contributed by atoms with Crippen LogP contribution in [-0.4, -0.2) is 30.0 Å². The van der Waals surface area contributed by atoms with Crippen molar-refractivity contribution in [3.8, 4) is 0 Å². The number of ketones is 2. The van der Waals surface area contributed by atoms with Gasteiger partial charge in [0, 0.05) is 6.42 Å². The van der Waals surface area contributed by atoms with Gasteiger partial charge in [-0.2, -0.15) is 0 Å². The Morgan fingerprint density at radius 1 is 0.938 bits per heavy atom. The topological polar surface area (TPSA) is 92.3 Å². The van der Waals surface area contributed by atoms with Crippen molar-refractivity contribution in [1.29, 1.82) is 0 Å². The van der Waals surface area contributed by atoms with Crippen molar-refractivity contribution in [2.75, 3.05) is 6.67 Å². The fraction of sp³-hybridized carbons (Fsp3) is 0.600. The molecule has 16 heavy (non-hydrogen) atoms. The van der Waals surface area contributed by atoms with E-state index in [4.69, 9.17) is 0 Å². The van der Waals surface area contributed by atoms with Gasteiger partial charge in [-0.15, -0.1) is 0 Å². The van der Waals surface area contributed by atoms with Gasteiger partial charge >= 0.3 is 0 Å². The monoisotopic (exact) mass is 228 g/mol. The maximum Gasteiger partial charge on any atom is 0.228 e. The van der Waals surface area contributed by atoms with Gasteiger partial charge in [-0.3, -0.25) is 19.2 Å². The molecule has 0 atom stereocenters. The van der Waals surface area contributed by atoms with E-state index >= 15 is 0 Å². The molecule has 6 nitrogen and oxygen atoms in total. The van der Waals surface area contributed by atoms with Crippen molar-refractivity contribution in [2.24, 2.45) is 0 Å². The molecule has 0 heterocycles. The molecule has 0 radical (unpaired) electrons. The lowest BCUT2D eigenvalue weighted by Gasteiger charge is -2.05. The summed E-state index contributed by atoms with van der Waals surface area (Å²) >= 11 is 0. The molecule has 2 N–H and O–H groups in total. The molecule has 0 aromatic heterocycles. The molecule has 0 aliphatic carbocycles. The van der Waals surface area contributed by atoms with Gasteiger partial charge in [0.05, 0.1) is 19.5 Å². The molecular formula is C10H16N2O4. The van der Waals surface area contributed by atoms with E-state index in [2.05, 4.69) is 10.6 Å². The molecule has 0 rings (SSSR count). The van der Waals surface area contributed by atoms with Crippen LogP contribution in [0.4, 0.5) is 0 Å². The predicted molar refractivity (Wildman–Crippen MR) is 56.4 cm³/mol. The number of amides is 2. The van der Waals surface area contributed by atoms with Crippen LogP contribution in [0.3, 0.4) is 0 Å². The Kier molecular flexibility index (Phi) is 6.74. The number of Topliss-reactive ketones (excluding diaryl/α,β-unsaturated/α-hetero) is 2. The summed E-state index contributed by atoms with van der Waals surface area (Å²) in [4.78, 5) is 43.4. The molecule has 2 amide bonds. The number of carbonyl (C=O) groups excluding carboxylic acids is 4. The van der Waals surface area contributed by atoms with E-state index in [9.17, 15) is 19.2 Å². The second-order valence-corrected chi connectivity index (χ2v) is 3.32. The molecule has 6 heteroatoms. The normalized spacial score (nSPS) is 9.38. The van der Waals surface area contributed by atoms with Crippen molar-refractivity contribution in [3.63, 3.8) is 0 Å². The molecule has 0 aromatic rings. The molecule has 0 aliphatic heterocycles. The van der Waals surface area contributed by atoms with Gasteiger partial charge in [-0.05, 0) is 6.92 Å². The fourth-order valence-corrected chi connectivity index (χ4v) is 0.897. The van der Waals surface area contributed by atoms with E-state index in [1.165, 1.54) is 6.92 Å². The first-order valence-corrected chi connectivity index (χ1v) is 5.00. The van der Waals surface area contributed by atoms with Crippen LogP contribution in [0.15, 0.2) is 0 Å². The molecular weight excluding hydrogens is 212 g/mol. The Bertz CT molecular complexity index is 299. The van der Waals surface area contributed by atoms with Gasteiger partial charge < -0.3 is 10.6 Å². The summed E-state index contributed by atoms with van der Waals surface area (Å²) in [6.07, 6.45) is -0.0764.